The van der Waals surface area contributed by atoms with Crippen LogP contribution in [0, 0.1) is 0 Å². The van der Waals surface area contributed by atoms with Crippen molar-refractivity contribution in [1.82, 2.24) is 18.7 Å². The van der Waals surface area contributed by atoms with Gasteiger partial charge in [0, 0.05) is 30.9 Å². The van der Waals surface area contributed by atoms with E-state index in [1.165, 1.54) is 22.5 Å². The fourth-order valence-electron chi connectivity index (χ4n) is 5.26. The zero-order valence-electron chi connectivity index (χ0n) is 20.2. The van der Waals surface area contributed by atoms with Crippen LogP contribution in [0.15, 0.2) is 83.9 Å². The quantitative estimate of drug-likeness (QED) is 0.347. The van der Waals surface area contributed by atoms with Crippen LogP contribution in [0.25, 0.3) is 27.6 Å². The Morgan fingerprint density at radius 1 is 0.974 bits per heavy atom. The number of halogens is 3. The van der Waals surface area contributed by atoms with Crippen LogP contribution >= 0.6 is 0 Å². The molecule has 0 unspecified atom stereocenters. The number of hydrogen-bond donors (Lipinski definition) is 1. The van der Waals surface area contributed by atoms with Crippen LogP contribution < -0.4 is 0 Å². The van der Waals surface area contributed by atoms with Crippen molar-refractivity contribution in [2.24, 2.45) is 7.05 Å². The lowest BCUT2D eigenvalue weighted by Gasteiger charge is -2.24. The number of aliphatic hydroxyl groups excluding tert-OH is 1. The summed E-state index contributed by atoms with van der Waals surface area (Å²) in [5.74, 6) is 0. The number of β-amino-alcohol motifs (C(OH)–C–C–N with tert-alkyl or cyclic N) is 1. The molecule has 11 heteroatoms. The Bertz CT molecular complexity index is 1760. The predicted molar refractivity (Wildman–Crippen MR) is 136 cm³/mol. The highest BCUT2D eigenvalue weighted by Gasteiger charge is 2.40. The topological polar surface area (TPSA) is 80.4 Å². The fourth-order valence-corrected chi connectivity index (χ4v) is 6.95. The summed E-state index contributed by atoms with van der Waals surface area (Å²) in [5, 5.41) is 15.4. The minimum atomic E-state index is -4.45. The Balaban J connectivity index is 1.48. The highest BCUT2D eigenvalue weighted by Crippen LogP contribution is 2.39. The van der Waals surface area contributed by atoms with E-state index in [0.29, 0.717) is 34.0 Å². The molecule has 2 aromatic heterocycles. The van der Waals surface area contributed by atoms with Gasteiger partial charge in [0.25, 0.3) is 0 Å². The van der Waals surface area contributed by atoms with E-state index in [9.17, 15) is 26.7 Å². The van der Waals surface area contributed by atoms with Crippen LogP contribution in [-0.2, 0) is 23.2 Å². The first kappa shape index (κ1) is 24.7. The van der Waals surface area contributed by atoms with Gasteiger partial charge in [-0.15, -0.1) is 0 Å². The Morgan fingerprint density at radius 2 is 1.68 bits per heavy atom. The molecule has 3 aromatic carbocycles. The molecule has 5 aromatic rings. The molecule has 0 spiro atoms. The molecule has 3 heterocycles. The van der Waals surface area contributed by atoms with Crippen LogP contribution in [0.4, 0.5) is 13.2 Å². The maximum atomic E-state index is 13.8. The summed E-state index contributed by atoms with van der Waals surface area (Å²) >= 11 is 0. The molecule has 0 bridgehead atoms. The largest absolute Gasteiger partial charge is 0.416 e. The number of benzene rings is 3. The van der Waals surface area contributed by atoms with Gasteiger partial charge in [-0.05, 0) is 54.4 Å². The van der Waals surface area contributed by atoms with E-state index < -0.39 is 33.9 Å². The lowest BCUT2D eigenvalue weighted by atomic mass is 10.1. The van der Waals surface area contributed by atoms with Crippen molar-refractivity contribution in [3.05, 3.63) is 90.1 Å². The van der Waals surface area contributed by atoms with Gasteiger partial charge < -0.3 is 9.67 Å². The summed E-state index contributed by atoms with van der Waals surface area (Å²) in [6.45, 7) is -0.0223. The van der Waals surface area contributed by atoms with Gasteiger partial charge >= 0.3 is 6.18 Å². The van der Waals surface area contributed by atoms with Crippen molar-refractivity contribution in [2.45, 2.75) is 29.6 Å². The van der Waals surface area contributed by atoms with Crippen LogP contribution in [0.3, 0.4) is 0 Å². The molecular formula is C27H23F3N4O3S. The van der Waals surface area contributed by atoms with Crippen molar-refractivity contribution in [1.29, 1.82) is 0 Å². The number of alkyl halides is 3. The number of nitrogens with zero attached hydrogens (tertiary/aromatic N) is 4. The second-order valence-electron chi connectivity index (χ2n) is 9.49. The average Bonchev–Trinajstić information content (AvgIpc) is 3.55. The maximum absolute atomic E-state index is 13.8. The van der Waals surface area contributed by atoms with Gasteiger partial charge in [-0.1, -0.05) is 30.3 Å². The third-order valence-corrected chi connectivity index (χ3v) is 8.86. The number of aliphatic hydroxyl groups is 1. The second-order valence-corrected chi connectivity index (χ2v) is 11.4. The maximum Gasteiger partial charge on any atom is 0.416 e. The van der Waals surface area contributed by atoms with Crippen molar-refractivity contribution < 1.29 is 26.7 Å². The zero-order chi connectivity index (χ0) is 26.8. The average molecular weight is 541 g/mol. The molecule has 7 nitrogen and oxygen atoms in total. The normalized spacial score (nSPS) is 19.1. The molecule has 196 valence electrons. The Kier molecular flexibility index (Phi) is 5.64. The first-order valence-electron chi connectivity index (χ1n) is 11.9. The standard InChI is InChI=1S/C27H23F3N4O3S/c1-32-16-25-26(31-32)22-14-21(11-12-23(22)34(25)19-9-7-18(8-10-19)27(28,29)30)38(36,37)33-15-20(35)13-24(33)17-5-3-2-4-6-17/h2-12,14,16,20,24,35H,13,15H2,1H3/t20-,24-/m0/s1. The molecule has 2 atom stereocenters. The molecule has 0 radical (unpaired) electrons. The Labute approximate surface area is 216 Å². The lowest BCUT2D eigenvalue weighted by Crippen LogP contribution is -2.31. The number of rotatable bonds is 4. The summed E-state index contributed by atoms with van der Waals surface area (Å²) in [7, 11) is -2.27. The molecule has 0 amide bonds. The highest BCUT2D eigenvalue weighted by atomic mass is 32.2. The Hall–Kier alpha value is -3.67. The van der Waals surface area contributed by atoms with Crippen molar-refractivity contribution in [3.8, 4) is 5.69 Å². The third-order valence-electron chi connectivity index (χ3n) is 6.99. The van der Waals surface area contributed by atoms with Crippen LogP contribution in [0.2, 0.25) is 0 Å². The number of aryl methyl sites for hydroxylation is 1. The first-order valence-corrected chi connectivity index (χ1v) is 13.4. The highest BCUT2D eigenvalue weighted by molar-refractivity contribution is 7.89. The minimum Gasteiger partial charge on any atom is -0.392 e. The second kappa shape index (κ2) is 8.69. The van der Waals surface area contributed by atoms with Gasteiger partial charge in [-0.3, -0.25) is 4.68 Å². The molecular weight excluding hydrogens is 517 g/mol. The number of aromatic nitrogens is 3. The number of fused-ring (bicyclic) bond motifs is 3. The van der Waals surface area contributed by atoms with Gasteiger partial charge in [0.15, 0.2) is 0 Å². The van der Waals surface area contributed by atoms with E-state index in [1.807, 2.05) is 30.3 Å². The third kappa shape index (κ3) is 3.98. The Morgan fingerprint density at radius 3 is 2.37 bits per heavy atom. The smallest absolute Gasteiger partial charge is 0.392 e. The van der Waals surface area contributed by atoms with E-state index in [-0.39, 0.29) is 11.4 Å². The molecule has 0 saturated carbocycles. The van der Waals surface area contributed by atoms with Crippen LogP contribution in [0.1, 0.15) is 23.6 Å². The van der Waals surface area contributed by atoms with E-state index in [0.717, 1.165) is 17.7 Å². The molecule has 0 aliphatic carbocycles. The molecule has 1 aliphatic heterocycles. The van der Waals surface area contributed by atoms with Gasteiger partial charge in [-0.25, -0.2) is 8.42 Å². The summed E-state index contributed by atoms with van der Waals surface area (Å²) in [6, 6.07) is 18.2. The van der Waals surface area contributed by atoms with Gasteiger partial charge in [0.2, 0.25) is 10.0 Å². The zero-order valence-corrected chi connectivity index (χ0v) is 21.0. The SMILES string of the molecule is Cn1cc2c(n1)c1cc(S(=O)(=O)N3C[C@@H](O)C[C@H]3c3ccccc3)ccc1n2-c1ccc(C(F)(F)F)cc1. The lowest BCUT2D eigenvalue weighted by molar-refractivity contribution is -0.137. The van der Waals surface area contributed by atoms with Gasteiger partial charge in [0.05, 0.1) is 33.6 Å². The molecule has 1 aliphatic rings. The van der Waals surface area contributed by atoms with Crippen LogP contribution in [0.5, 0.6) is 0 Å². The van der Waals surface area contributed by atoms with Gasteiger partial charge in [-0.2, -0.15) is 22.6 Å². The number of hydrogen-bond acceptors (Lipinski definition) is 4. The molecule has 1 saturated heterocycles. The van der Waals surface area contributed by atoms with Crippen LogP contribution in [-0.4, -0.2) is 44.8 Å². The van der Waals surface area contributed by atoms with E-state index in [1.54, 1.807) is 34.6 Å². The van der Waals surface area contributed by atoms with E-state index in [2.05, 4.69) is 5.10 Å². The summed E-state index contributed by atoms with van der Waals surface area (Å²) in [4.78, 5) is 0.0529. The van der Waals surface area contributed by atoms with Gasteiger partial charge in [0.1, 0.15) is 5.52 Å². The molecule has 6 rings (SSSR count). The summed E-state index contributed by atoms with van der Waals surface area (Å²) in [5.41, 5.74) is 2.32. The molecule has 38 heavy (non-hydrogen) atoms. The minimum absolute atomic E-state index is 0.0223. The molecule has 1 fully saturated rings. The summed E-state index contributed by atoms with van der Waals surface area (Å²) in [6.07, 6.45) is -3.21. The van der Waals surface area contributed by atoms with E-state index >= 15 is 0 Å². The summed E-state index contributed by atoms with van der Waals surface area (Å²) < 4.78 is 71.7. The fraction of sp³-hybridized carbons (Fsp3) is 0.222. The predicted octanol–water partition coefficient (Wildman–Crippen LogP) is 5.03. The number of sulfonamides is 1. The first-order chi connectivity index (χ1) is 18.0. The van der Waals surface area contributed by atoms with Crippen molar-refractivity contribution in [2.75, 3.05) is 6.54 Å². The molecule has 1 N–H and O–H groups in total. The van der Waals surface area contributed by atoms with Crippen molar-refractivity contribution >= 4 is 32.0 Å². The van der Waals surface area contributed by atoms with E-state index in [4.69, 9.17) is 0 Å². The van der Waals surface area contributed by atoms with Crippen molar-refractivity contribution in [3.63, 3.8) is 0 Å². The monoisotopic (exact) mass is 540 g/mol.